The standard InChI is InChI=1S/C44H30N4/c1-44(2)37-15-6-5-14-33(37)36-24-35-32-13-4-3-12-31(32)34-20-18-30(25-46-41(34)42(35)48-43(36)44)28-9-7-10-29(23-28)38-21-19-27-17-16-26-11-8-22-45-39(26)40(27)47-38/h3-19,21-25H,20H2,1-2H3. The molecule has 1 aliphatic heterocycles. The number of nitrogens with zero attached hydrogens (tertiary/aromatic N) is 4. The van der Waals surface area contributed by atoms with E-state index >= 15 is 0 Å². The molecule has 10 rings (SSSR count). The maximum Gasteiger partial charge on any atom is 0.0972 e. The van der Waals surface area contributed by atoms with Crippen LogP contribution in [-0.2, 0) is 11.8 Å². The highest BCUT2D eigenvalue weighted by Gasteiger charge is 2.37. The van der Waals surface area contributed by atoms with E-state index in [1.807, 2.05) is 18.5 Å². The van der Waals surface area contributed by atoms with Gasteiger partial charge in [-0.2, -0.15) is 0 Å². The highest BCUT2D eigenvalue weighted by molar-refractivity contribution is 6.18. The number of fused-ring (bicyclic) bond motifs is 12. The van der Waals surface area contributed by atoms with Gasteiger partial charge in [-0.05, 0) is 69.3 Å². The summed E-state index contributed by atoms with van der Waals surface area (Å²) >= 11 is 0. The van der Waals surface area contributed by atoms with Gasteiger partial charge < -0.3 is 0 Å². The molecule has 0 atom stereocenters. The van der Waals surface area contributed by atoms with E-state index in [1.165, 1.54) is 33.0 Å². The third-order valence-corrected chi connectivity index (χ3v) is 10.3. The predicted molar refractivity (Wildman–Crippen MR) is 199 cm³/mol. The number of aromatic nitrogens is 3. The molecule has 4 heterocycles. The minimum absolute atomic E-state index is 0.184. The van der Waals surface area contributed by atoms with Gasteiger partial charge in [0, 0.05) is 45.1 Å². The fourth-order valence-electron chi connectivity index (χ4n) is 7.90. The second-order valence-electron chi connectivity index (χ2n) is 13.4. The number of allylic oxidation sites excluding steroid dienone is 2. The summed E-state index contributed by atoms with van der Waals surface area (Å²) in [4.78, 5) is 20.5. The molecule has 0 spiro atoms. The zero-order valence-electron chi connectivity index (χ0n) is 26.7. The molecular formula is C44H30N4. The lowest BCUT2D eigenvalue weighted by molar-refractivity contribution is 0.640. The molecule has 3 aromatic heterocycles. The number of rotatable bonds is 2. The highest BCUT2D eigenvalue weighted by atomic mass is 14.8. The Morgan fingerprint density at radius 2 is 1.40 bits per heavy atom. The molecule has 5 aromatic carbocycles. The Hall–Kier alpha value is -6.00. The van der Waals surface area contributed by atoms with E-state index < -0.39 is 0 Å². The van der Waals surface area contributed by atoms with Gasteiger partial charge in [-0.3, -0.25) is 9.98 Å². The van der Waals surface area contributed by atoms with Crippen molar-refractivity contribution in [2.75, 3.05) is 0 Å². The fourth-order valence-corrected chi connectivity index (χ4v) is 7.90. The van der Waals surface area contributed by atoms with Crippen LogP contribution in [0.4, 0.5) is 5.69 Å². The van der Waals surface area contributed by atoms with Gasteiger partial charge >= 0.3 is 0 Å². The smallest absolute Gasteiger partial charge is 0.0972 e. The Labute approximate surface area is 278 Å². The second-order valence-corrected chi connectivity index (χ2v) is 13.4. The maximum atomic E-state index is 5.48. The van der Waals surface area contributed by atoms with Crippen LogP contribution in [0.15, 0.2) is 133 Å². The molecule has 0 N–H and O–H groups in total. The van der Waals surface area contributed by atoms with Crippen LogP contribution in [0.3, 0.4) is 0 Å². The van der Waals surface area contributed by atoms with Crippen molar-refractivity contribution in [2.24, 2.45) is 4.99 Å². The van der Waals surface area contributed by atoms with Crippen LogP contribution in [0, 0.1) is 0 Å². The third-order valence-electron chi connectivity index (χ3n) is 10.3. The minimum Gasteiger partial charge on any atom is -0.254 e. The summed E-state index contributed by atoms with van der Waals surface area (Å²) in [5.41, 5.74) is 14.0. The van der Waals surface area contributed by atoms with Crippen LogP contribution in [0.1, 0.15) is 36.2 Å². The molecule has 0 saturated carbocycles. The molecule has 48 heavy (non-hydrogen) atoms. The van der Waals surface area contributed by atoms with Crippen molar-refractivity contribution in [3.63, 3.8) is 0 Å². The number of hydrogen-bond acceptors (Lipinski definition) is 4. The zero-order chi connectivity index (χ0) is 32.0. The van der Waals surface area contributed by atoms with Gasteiger partial charge in [-0.1, -0.05) is 111 Å². The lowest BCUT2D eigenvalue weighted by Gasteiger charge is -2.21. The summed E-state index contributed by atoms with van der Waals surface area (Å²) in [6.45, 7) is 4.57. The van der Waals surface area contributed by atoms with Crippen molar-refractivity contribution in [1.82, 2.24) is 15.0 Å². The van der Waals surface area contributed by atoms with Crippen LogP contribution < -0.4 is 0 Å². The van der Waals surface area contributed by atoms with Crippen molar-refractivity contribution < 1.29 is 0 Å². The molecule has 0 bridgehead atoms. The first kappa shape index (κ1) is 27.1. The van der Waals surface area contributed by atoms with Crippen LogP contribution >= 0.6 is 0 Å². The van der Waals surface area contributed by atoms with Gasteiger partial charge in [0.05, 0.1) is 33.6 Å². The van der Waals surface area contributed by atoms with Crippen LogP contribution in [0.2, 0.25) is 0 Å². The summed E-state index contributed by atoms with van der Waals surface area (Å²) in [5.74, 6) is 0. The Bertz CT molecular complexity index is 2730. The first-order chi connectivity index (χ1) is 23.5. The van der Waals surface area contributed by atoms with Gasteiger partial charge in [-0.25, -0.2) is 9.97 Å². The largest absolute Gasteiger partial charge is 0.254 e. The molecule has 0 unspecified atom stereocenters. The summed E-state index contributed by atoms with van der Waals surface area (Å²) in [6, 6.07) is 41.0. The van der Waals surface area contributed by atoms with Crippen LogP contribution in [0.5, 0.6) is 0 Å². The van der Waals surface area contributed by atoms with E-state index in [9.17, 15) is 0 Å². The summed E-state index contributed by atoms with van der Waals surface area (Å²) in [5, 5.41) is 5.79. The molecule has 226 valence electrons. The Kier molecular flexibility index (Phi) is 5.65. The van der Waals surface area contributed by atoms with Crippen LogP contribution in [-0.4, -0.2) is 21.2 Å². The topological polar surface area (TPSA) is 51.0 Å². The maximum absolute atomic E-state index is 5.48. The summed E-state index contributed by atoms with van der Waals surface area (Å²) < 4.78 is 0. The average Bonchev–Trinajstić information content (AvgIpc) is 3.25. The van der Waals surface area contributed by atoms with E-state index in [-0.39, 0.29) is 5.41 Å². The number of benzene rings is 5. The van der Waals surface area contributed by atoms with Crippen molar-refractivity contribution in [1.29, 1.82) is 0 Å². The lowest BCUT2D eigenvalue weighted by atomic mass is 9.85. The van der Waals surface area contributed by atoms with E-state index in [4.69, 9.17) is 15.0 Å². The molecule has 2 aliphatic rings. The average molecular weight is 615 g/mol. The Morgan fingerprint density at radius 1 is 0.604 bits per heavy atom. The first-order valence-corrected chi connectivity index (χ1v) is 16.5. The zero-order valence-corrected chi connectivity index (χ0v) is 26.7. The van der Waals surface area contributed by atoms with Crippen molar-refractivity contribution >= 4 is 61.0 Å². The van der Waals surface area contributed by atoms with Gasteiger partial charge in [0.1, 0.15) is 0 Å². The van der Waals surface area contributed by atoms with Crippen LogP contribution in [0.25, 0.3) is 71.4 Å². The predicted octanol–water partition coefficient (Wildman–Crippen LogP) is 10.8. The fraction of sp³-hybridized carbons (Fsp3) is 0.0909. The lowest BCUT2D eigenvalue weighted by Crippen LogP contribution is -2.16. The Morgan fingerprint density at radius 3 is 2.31 bits per heavy atom. The monoisotopic (exact) mass is 614 g/mol. The summed E-state index contributed by atoms with van der Waals surface area (Å²) in [7, 11) is 0. The molecule has 4 heteroatoms. The summed E-state index contributed by atoms with van der Waals surface area (Å²) in [6.07, 6.45) is 6.94. The normalized spacial score (nSPS) is 14.6. The molecule has 0 radical (unpaired) electrons. The molecule has 1 aliphatic carbocycles. The van der Waals surface area contributed by atoms with E-state index in [0.29, 0.717) is 0 Å². The molecule has 0 fully saturated rings. The van der Waals surface area contributed by atoms with Crippen molar-refractivity contribution in [3.05, 3.63) is 150 Å². The van der Waals surface area contributed by atoms with E-state index in [2.05, 4.69) is 134 Å². The van der Waals surface area contributed by atoms with Gasteiger partial charge in [0.15, 0.2) is 0 Å². The third kappa shape index (κ3) is 3.89. The van der Waals surface area contributed by atoms with Gasteiger partial charge in [-0.15, -0.1) is 0 Å². The molecule has 4 nitrogen and oxygen atoms in total. The number of aliphatic imine (C=N–C) groups is 1. The Balaban J connectivity index is 1.11. The first-order valence-electron chi connectivity index (χ1n) is 16.5. The van der Waals surface area contributed by atoms with E-state index in [0.717, 1.165) is 72.9 Å². The van der Waals surface area contributed by atoms with Crippen molar-refractivity contribution in [3.8, 4) is 22.4 Å². The highest BCUT2D eigenvalue weighted by Crippen LogP contribution is 2.50. The SMILES string of the molecule is CC1(C)c2ccccc2-c2cc3c(nc21)c1c(c2ccccc23)CC=C(c2cccc(-c3ccc4ccc5cccnc5c4n3)c2)C=N1. The van der Waals surface area contributed by atoms with Gasteiger partial charge in [0.25, 0.3) is 0 Å². The molecule has 0 amide bonds. The molecular weight excluding hydrogens is 585 g/mol. The second kappa shape index (κ2) is 10.00. The number of pyridine rings is 3. The van der Waals surface area contributed by atoms with Gasteiger partial charge in [0.2, 0.25) is 0 Å². The molecule has 0 saturated heterocycles. The quantitative estimate of drug-likeness (QED) is 0.182. The van der Waals surface area contributed by atoms with E-state index in [1.54, 1.807) is 0 Å². The molecule has 8 aromatic rings. The minimum atomic E-state index is -0.184. The number of hydrogen-bond donors (Lipinski definition) is 0. The van der Waals surface area contributed by atoms with Crippen molar-refractivity contribution in [2.45, 2.75) is 25.7 Å².